The van der Waals surface area contributed by atoms with Crippen LogP contribution < -0.4 is 46.3 Å². The van der Waals surface area contributed by atoms with E-state index in [0.29, 0.717) is 9.24 Å². The number of carboxylic acids is 1. The predicted octanol–water partition coefficient (Wildman–Crippen LogP) is -2.40. The molecule has 4 rings (SSSR count). The molecule has 1 saturated heterocycles. The molecule has 33 heavy (non-hydrogen) atoms. The molecular formula is C14H12ClN8NaO5S4. The second-order valence-corrected chi connectivity index (χ2v) is 11.2. The summed E-state index contributed by atoms with van der Waals surface area (Å²) >= 11 is 10.3. The summed E-state index contributed by atoms with van der Waals surface area (Å²) in [6, 6.07) is -1.04. The van der Waals surface area contributed by atoms with Gasteiger partial charge in [-0.1, -0.05) is 51.2 Å². The third-order valence-electron chi connectivity index (χ3n) is 4.20. The van der Waals surface area contributed by atoms with E-state index in [1.165, 1.54) is 11.8 Å². The van der Waals surface area contributed by atoms with Crippen LogP contribution in [-0.2, 0) is 14.4 Å². The van der Waals surface area contributed by atoms with Gasteiger partial charge in [-0.15, -0.1) is 22.0 Å². The minimum atomic E-state index is -1.30. The molecule has 2 amide bonds. The number of carbonyl (C=O) groups is 3. The Balaban J connectivity index is 0.00000204. The van der Waals surface area contributed by atoms with Crippen molar-refractivity contribution in [2.24, 2.45) is 5.16 Å². The van der Waals surface area contributed by atoms with Crippen LogP contribution in [0.15, 0.2) is 20.1 Å². The van der Waals surface area contributed by atoms with Gasteiger partial charge in [0.05, 0.1) is 0 Å². The number of nitrogen functional groups attached to an aromatic ring is 2. The van der Waals surface area contributed by atoms with Crippen LogP contribution in [0.5, 0.6) is 0 Å². The van der Waals surface area contributed by atoms with Gasteiger partial charge in [0.1, 0.15) is 27.1 Å². The van der Waals surface area contributed by atoms with E-state index in [2.05, 4.69) is 25.7 Å². The average Bonchev–Trinajstić information content (AvgIpc) is 3.30. The number of amides is 2. The van der Waals surface area contributed by atoms with Crippen LogP contribution in [0.25, 0.3) is 0 Å². The molecule has 0 saturated carbocycles. The van der Waals surface area contributed by atoms with Crippen molar-refractivity contribution in [3.63, 3.8) is 0 Å². The molecule has 0 aromatic carbocycles. The minimum Gasteiger partial charge on any atom is -1.00 e. The number of nitrogens with zero attached hydrogens (tertiary/aromatic N) is 5. The fourth-order valence-electron chi connectivity index (χ4n) is 2.91. The number of oxime groups is 1. The quantitative estimate of drug-likeness (QED) is 0.0825. The van der Waals surface area contributed by atoms with Crippen LogP contribution in [0.1, 0.15) is 7.12 Å². The van der Waals surface area contributed by atoms with Gasteiger partial charge in [-0.05, 0) is 0 Å². The van der Waals surface area contributed by atoms with E-state index in [4.69, 9.17) is 23.1 Å². The molecule has 2 aromatic heterocycles. The standard InChI is InChI=1S/C14H11ClN8O5S4.Na.H/c15-7-3(19-12(16)31-7)4(22-28)8(24)18-5-9(25)23-6(11(26)27)2(1-29-10(5)23)30-14-21-20-13(17)32-14;;/h5,10,28H,1H2,(H2,16,19)(H2,17,20)(H,18,24)(H,26,27);;/q;+1;-1/b22-4+;;/t5-,10?;;/m1../s1. The summed E-state index contributed by atoms with van der Waals surface area (Å²) in [7, 11) is 0. The molecule has 170 valence electrons. The van der Waals surface area contributed by atoms with E-state index in [1.807, 2.05) is 0 Å². The number of nitrogens with one attached hydrogen (secondary N) is 1. The molecule has 7 N–H and O–H groups in total. The molecule has 1 fully saturated rings. The van der Waals surface area contributed by atoms with Crippen molar-refractivity contribution in [1.82, 2.24) is 25.4 Å². The first-order valence-corrected chi connectivity index (χ1v) is 12.2. The smallest absolute Gasteiger partial charge is 1.00 e. The number of anilines is 2. The molecule has 13 nitrogen and oxygen atoms in total. The topological polar surface area (TPSA) is 210 Å². The summed E-state index contributed by atoms with van der Waals surface area (Å²) in [5.41, 5.74) is 10.3. The fourth-order valence-corrected chi connectivity index (χ4v) is 7.11. The zero-order valence-electron chi connectivity index (χ0n) is 17.4. The van der Waals surface area contributed by atoms with Crippen molar-refractivity contribution in [2.75, 3.05) is 17.2 Å². The van der Waals surface area contributed by atoms with Crippen LogP contribution in [0, 0.1) is 0 Å². The fraction of sp³-hybridized carbons (Fsp3) is 0.214. The number of halogens is 1. The second kappa shape index (κ2) is 10.3. The first-order valence-electron chi connectivity index (χ1n) is 8.34. The molecule has 0 radical (unpaired) electrons. The number of thiazole rings is 1. The van der Waals surface area contributed by atoms with E-state index in [1.54, 1.807) is 0 Å². The van der Waals surface area contributed by atoms with Crippen molar-refractivity contribution >= 4 is 91.6 Å². The summed E-state index contributed by atoms with van der Waals surface area (Å²) in [4.78, 5) is 42.6. The van der Waals surface area contributed by atoms with E-state index in [-0.39, 0.29) is 62.7 Å². The Labute approximate surface area is 229 Å². The second-order valence-electron chi connectivity index (χ2n) is 6.07. The molecule has 0 bridgehead atoms. The normalized spacial score (nSPS) is 20.1. The predicted molar refractivity (Wildman–Crippen MR) is 121 cm³/mol. The molecule has 2 atom stereocenters. The molecule has 2 aliphatic heterocycles. The van der Waals surface area contributed by atoms with Crippen LogP contribution in [0.2, 0.25) is 4.34 Å². The van der Waals surface area contributed by atoms with Crippen molar-refractivity contribution in [3.8, 4) is 0 Å². The van der Waals surface area contributed by atoms with Crippen molar-refractivity contribution in [3.05, 3.63) is 20.6 Å². The molecule has 2 aliphatic rings. The first-order chi connectivity index (χ1) is 15.2. The molecular weight excluding hydrogens is 547 g/mol. The van der Waals surface area contributed by atoms with Gasteiger partial charge < -0.3 is 28.5 Å². The Kier molecular flexibility index (Phi) is 8.15. The van der Waals surface area contributed by atoms with Crippen LogP contribution in [0.3, 0.4) is 0 Å². The maximum Gasteiger partial charge on any atom is 1.00 e. The third kappa shape index (κ3) is 4.95. The monoisotopic (exact) mass is 558 g/mol. The number of aliphatic carboxylic acids is 1. The Morgan fingerprint density at radius 3 is 2.58 bits per heavy atom. The van der Waals surface area contributed by atoms with E-state index in [9.17, 15) is 24.7 Å². The van der Waals surface area contributed by atoms with Gasteiger partial charge in [-0.3, -0.25) is 14.5 Å². The van der Waals surface area contributed by atoms with Gasteiger partial charge in [0.25, 0.3) is 11.8 Å². The Hall–Kier alpha value is -1.60. The molecule has 4 heterocycles. The largest absolute Gasteiger partial charge is 1.00 e. The minimum absolute atomic E-state index is 0. The van der Waals surface area contributed by atoms with Gasteiger partial charge in [-0.2, -0.15) is 0 Å². The number of nitrogens with two attached hydrogens (primary N) is 2. The number of β-lactam (4-membered cyclic amide) rings is 1. The average molecular weight is 559 g/mol. The number of hydrogen-bond donors (Lipinski definition) is 5. The molecule has 19 heteroatoms. The molecule has 1 unspecified atom stereocenters. The molecule has 0 spiro atoms. The van der Waals surface area contributed by atoms with Gasteiger partial charge in [0.15, 0.2) is 15.2 Å². The maximum atomic E-state index is 12.8. The summed E-state index contributed by atoms with van der Waals surface area (Å²) in [6.45, 7) is 0. The molecule has 2 aromatic rings. The first kappa shape index (κ1) is 26.0. The van der Waals surface area contributed by atoms with E-state index in [0.717, 1.165) is 39.3 Å². The van der Waals surface area contributed by atoms with Crippen LogP contribution in [-0.4, -0.2) is 71.1 Å². The number of thioether (sulfide) groups is 2. The van der Waals surface area contributed by atoms with Crippen LogP contribution in [0.4, 0.5) is 10.3 Å². The maximum absolute atomic E-state index is 12.8. The van der Waals surface area contributed by atoms with Crippen LogP contribution >= 0.6 is 57.8 Å². The van der Waals surface area contributed by atoms with Gasteiger partial charge in [0, 0.05) is 10.7 Å². The van der Waals surface area contributed by atoms with Gasteiger partial charge >= 0.3 is 35.5 Å². The zero-order chi connectivity index (χ0) is 23.2. The number of carbonyl (C=O) groups excluding carboxylic acids is 2. The number of aromatic nitrogens is 3. The summed E-state index contributed by atoms with van der Waals surface area (Å²) in [5.74, 6) is -2.59. The third-order valence-corrected chi connectivity index (χ3v) is 8.63. The van der Waals surface area contributed by atoms with Crippen molar-refractivity contribution in [1.29, 1.82) is 0 Å². The van der Waals surface area contributed by atoms with E-state index < -0.39 is 34.9 Å². The number of hydrogen-bond acceptors (Lipinski definition) is 14. The van der Waals surface area contributed by atoms with Crippen molar-refractivity contribution in [2.45, 2.75) is 15.8 Å². The Morgan fingerprint density at radius 2 is 2.03 bits per heavy atom. The number of fused-ring (bicyclic) bond motifs is 1. The van der Waals surface area contributed by atoms with Gasteiger partial charge in [0.2, 0.25) is 5.13 Å². The summed E-state index contributed by atoms with van der Waals surface area (Å²) in [6.07, 6.45) is 0. The zero-order valence-corrected chi connectivity index (χ0v) is 22.4. The SMILES string of the molecule is Nc1nnc(SC2=C(C(=O)O)N3C(=O)[C@@H](NC(=O)/C(=N/O)c4nc(N)sc4Cl)C3SC2)s1.[H-].[Na+]. The molecule has 0 aliphatic carbocycles. The Morgan fingerprint density at radius 1 is 1.30 bits per heavy atom. The number of carboxylic acid groups (broad SMARTS) is 1. The van der Waals surface area contributed by atoms with Gasteiger partial charge in [-0.25, -0.2) is 9.78 Å². The van der Waals surface area contributed by atoms with Crippen molar-refractivity contribution < 1.29 is 55.7 Å². The Bertz CT molecular complexity index is 1210. The van der Waals surface area contributed by atoms with E-state index >= 15 is 0 Å². The number of rotatable bonds is 6. The summed E-state index contributed by atoms with van der Waals surface area (Å²) < 4.78 is 0.477. The summed E-state index contributed by atoms with van der Waals surface area (Å²) in [5, 5.41) is 31.5.